The molecule has 0 aliphatic carbocycles. The predicted octanol–water partition coefficient (Wildman–Crippen LogP) is 8.69. The van der Waals surface area contributed by atoms with Crippen molar-refractivity contribution in [2.24, 2.45) is 0 Å². The third-order valence-corrected chi connectivity index (χ3v) is 6.52. The molecule has 0 heterocycles. The molecule has 0 atom stereocenters. The summed E-state index contributed by atoms with van der Waals surface area (Å²) in [6.45, 7) is 9.71. The zero-order valence-electron chi connectivity index (χ0n) is 21.9. The van der Waals surface area contributed by atoms with E-state index in [1.165, 1.54) is 155 Å². The molecular formula is C28H60N2. The summed E-state index contributed by atoms with van der Waals surface area (Å²) in [4.78, 5) is 5.08. The molecule has 0 bridgehead atoms. The highest BCUT2D eigenvalue weighted by Gasteiger charge is 2.05. The second kappa shape index (κ2) is 25.2. The Balaban J connectivity index is 3.63. The highest BCUT2D eigenvalue weighted by Crippen LogP contribution is 2.12. The van der Waals surface area contributed by atoms with Gasteiger partial charge in [0.05, 0.1) is 0 Å². The summed E-state index contributed by atoms with van der Waals surface area (Å²) in [6.07, 6.45) is 28.8. The molecule has 0 aromatic rings. The maximum absolute atomic E-state index is 2.75. The van der Waals surface area contributed by atoms with E-state index in [0.29, 0.717) is 0 Å². The summed E-state index contributed by atoms with van der Waals surface area (Å²) >= 11 is 0. The van der Waals surface area contributed by atoms with Gasteiger partial charge in [-0.25, -0.2) is 0 Å². The summed E-state index contributed by atoms with van der Waals surface area (Å²) in [7, 11) is 4.42. The number of hydrogen-bond donors (Lipinski definition) is 0. The van der Waals surface area contributed by atoms with Gasteiger partial charge in [0.2, 0.25) is 0 Å². The summed E-state index contributed by atoms with van der Waals surface area (Å²) < 4.78 is 0. The molecule has 2 nitrogen and oxygen atoms in total. The molecule has 0 saturated carbocycles. The van der Waals surface area contributed by atoms with Gasteiger partial charge in [0.15, 0.2) is 0 Å². The van der Waals surface area contributed by atoms with Crippen LogP contribution in [0.5, 0.6) is 0 Å². The average Bonchev–Trinajstić information content (AvgIpc) is 2.73. The van der Waals surface area contributed by atoms with Gasteiger partial charge >= 0.3 is 0 Å². The minimum Gasteiger partial charge on any atom is -0.308 e. The van der Waals surface area contributed by atoms with E-state index < -0.39 is 0 Å². The number of nitrogens with zero attached hydrogens (tertiary/aromatic N) is 2. The van der Waals surface area contributed by atoms with Crippen molar-refractivity contribution in [3.63, 3.8) is 0 Å². The van der Waals surface area contributed by atoms with Crippen molar-refractivity contribution < 1.29 is 0 Å². The van der Waals surface area contributed by atoms with Gasteiger partial charge in [-0.1, -0.05) is 129 Å². The van der Waals surface area contributed by atoms with Crippen LogP contribution in [0.1, 0.15) is 142 Å². The highest BCUT2D eigenvalue weighted by molar-refractivity contribution is 4.61. The zero-order valence-corrected chi connectivity index (χ0v) is 21.9. The normalized spacial score (nSPS) is 11.8. The van der Waals surface area contributed by atoms with Crippen LogP contribution < -0.4 is 0 Å². The minimum absolute atomic E-state index is 1.20. The summed E-state index contributed by atoms with van der Waals surface area (Å²) in [5.74, 6) is 0. The van der Waals surface area contributed by atoms with E-state index in [4.69, 9.17) is 0 Å². The zero-order chi connectivity index (χ0) is 22.1. The van der Waals surface area contributed by atoms with Gasteiger partial charge in [-0.05, 0) is 40.0 Å². The molecule has 0 rings (SSSR count). The van der Waals surface area contributed by atoms with Gasteiger partial charge in [-0.15, -0.1) is 0 Å². The third-order valence-electron chi connectivity index (χ3n) is 6.52. The fourth-order valence-electron chi connectivity index (χ4n) is 4.32. The van der Waals surface area contributed by atoms with Crippen LogP contribution in [0, 0.1) is 0 Å². The Morgan fingerprint density at radius 2 is 0.633 bits per heavy atom. The second-order valence-corrected chi connectivity index (χ2v) is 10.0. The Labute approximate surface area is 192 Å². The lowest BCUT2D eigenvalue weighted by Gasteiger charge is -2.24. The lowest BCUT2D eigenvalue weighted by atomic mass is 10.1. The fourth-order valence-corrected chi connectivity index (χ4v) is 4.32. The van der Waals surface area contributed by atoms with Crippen LogP contribution in [-0.2, 0) is 0 Å². The van der Waals surface area contributed by atoms with Crippen LogP contribution >= 0.6 is 0 Å². The number of likely N-dealkylation sites (N-methyl/N-ethyl adjacent to an activating group) is 1. The maximum Gasteiger partial charge on any atom is 0.0109 e. The standard InChI is InChI=1S/C28H60N2/c1-5-7-9-11-13-15-17-19-21-23-25-30(28-27-29(3)4)26-24-22-20-18-16-14-12-10-8-6-2/h5-28H2,1-4H3. The van der Waals surface area contributed by atoms with E-state index in [-0.39, 0.29) is 0 Å². The van der Waals surface area contributed by atoms with Crippen molar-refractivity contribution in [1.29, 1.82) is 0 Å². The van der Waals surface area contributed by atoms with Crippen LogP contribution in [-0.4, -0.2) is 50.1 Å². The van der Waals surface area contributed by atoms with E-state index in [2.05, 4.69) is 37.7 Å². The third kappa shape index (κ3) is 24.2. The van der Waals surface area contributed by atoms with Gasteiger partial charge in [0.25, 0.3) is 0 Å². The first-order valence-electron chi connectivity index (χ1n) is 14.1. The van der Waals surface area contributed by atoms with Crippen molar-refractivity contribution in [2.45, 2.75) is 142 Å². The molecule has 2 heteroatoms. The van der Waals surface area contributed by atoms with E-state index in [1.54, 1.807) is 0 Å². The molecule has 0 saturated heterocycles. The topological polar surface area (TPSA) is 6.48 Å². The van der Waals surface area contributed by atoms with E-state index in [1.807, 2.05) is 0 Å². The molecule has 0 spiro atoms. The lowest BCUT2D eigenvalue weighted by molar-refractivity contribution is 0.231. The lowest BCUT2D eigenvalue weighted by Crippen LogP contribution is -2.33. The molecule has 0 aliphatic rings. The first-order valence-corrected chi connectivity index (χ1v) is 14.1. The first kappa shape index (κ1) is 29.9. The van der Waals surface area contributed by atoms with Gasteiger partial charge in [0.1, 0.15) is 0 Å². The van der Waals surface area contributed by atoms with Gasteiger partial charge in [-0.3, -0.25) is 0 Å². The van der Waals surface area contributed by atoms with Gasteiger partial charge < -0.3 is 9.80 Å². The highest BCUT2D eigenvalue weighted by atomic mass is 15.2. The van der Waals surface area contributed by atoms with Crippen LogP contribution in [0.4, 0.5) is 0 Å². The van der Waals surface area contributed by atoms with Gasteiger partial charge in [0, 0.05) is 13.1 Å². The average molecular weight is 425 g/mol. The van der Waals surface area contributed by atoms with E-state index >= 15 is 0 Å². The molecule has 30 heavy (non-hydrogen) atoms. The molecular weight excluding hydrogens is 364 g/mol. The van der Waals surface area contributed by atoms with Crippen LogP contribution in [0.3, 0.4) is 0 Å². The van der Waals surface area contributed by atoms with Crippen LogP contribution in [0.2, 0.25) is 0 Å². The largest absolute Gasteiger partial charge is 0.308 e. The van der Waals surface area contributed by atoms with Crippen molar-refractivity contribution >= 4 is 0 Å². The Morgan fingerprint density at radius 1 is 0.333 bits per heavy atom. The van der Waals surface area contributed by atoms with Crippen molar-refractivity contribution in [3.05, 3.63) is 0 Å². The maximum atomic E-state index is 2.75. The Bertz CT molecular complexity index is 279. The monoisotopic (exact) mass is 424 g/mol. The molecule has 0 aromatic heterocycles. The summed E-state index contributed by atoms with van der Waals surface area (Å²) in [5.41, 5.74) is 0. The van der Waals surface area contributed by atoms with Gasteiger partial charge in [-0.2, -0.15) is 0 Å². The predicted molar refractivity (Wildman–Crippen MR) is 139 cm³/mol. The summed E-state index contributed by atoms with van der Waals surface area (Å²) in [6, 6.07) is 0. The smallest absolute Gasteiger partial charge is 0.0109 e. The molecule has 0 radical (unpaired) electrons. The SMILES string of the molecule is CCCCCCCCCCCCN(CCCCCCCCCCCC)CCN(C)C. The molecule has 0 aliphatic heterocycles. The first-order chi connectivity index (χ1) is 14.7. The quantitative estimate of drug-likeness (QED) is 0.135. The van der Waals surface area contributed by atoms with E-state index in [9.17, 15) is 0 Å². The molecule has 0 aromatic carbocycles. The Morgan fingerprint density at radius 3 is 0.933 bits per heavy atom. The molecule has 0 fully saturated rings. The molecule has 0 amide bonds. The number of hydrogen-bond acceptors (Lipinski definition) is 2. The number of rotatable bonds is 25. The number of unbranched alkanes of at least 4 members (excludes halogenated alkanes) is 18. The van der Waals surface area contributed by atoms with Crippen LogP contribution in [0.25, 0.3) is 0 Å². The molecule has 182 valence electrons. The minimum atomic E-state index is 1.20. The Kier molecular flexibility index (Phi) is 25.1. The van der Waals surface area contributed by atoms with Crippen LogP contribution in [0.15, 0.2) is 0 Å². The Hall–Kier alpha value is -0.0800. The van der Waals surface area contributed by atoms with E-state index in [0.717, 1.165) is 0 Å². The molecule has 0 unspecified atom stereocenters. The second-order valence-electron chi connectivity index (χ2n) is 10.0. The van der Waals surface area contributed by atoms with Crippen molar-refractivity contribution in [2.75, 3.05) is 40.3 Å². The molecule has 0 N–H and O–H groups in total. The van der Waals surface area contributed by atoms with Crippen molar-refractivity contribution in [1.82, 2.24) is 9.80 Å². The summed E-state index contributed by atoms with van der Waals surface area (Å²) in [5, 5.41) is 0. The van der Waals surface area contributed by atoms with Crippen molar-refractivity contribution in [3.8, 4) is 0 Å². The fraction of sp³-hybridized carbons (Fsp3) is 1.00.